The number of anilines is 1. The predicted molar refractivity (Wildman–Crippen MR) is 110 cm³/mol. The first kappa shape index (κ1) is 23.6. The first-order chi connectivity index (χ1) is 15.2. The molecule has 13 heteroatoms. The third-order valence-electron chi connectivity index (χ3n) is 4.03. The summed E-state index contributed by atoms with van der Waals surface area (Å²) in [6.45, 7) is 2.21. The zero-order valence-electron chi connectivity index (χ0n) is 16.8. The van der Waals surface area contributed by atoms with Crippen molar-refractivity contribution in [2.45, 2.75) is 19.2 Å². The van der Waals surface area contributed by atoms with Crippen LogP contribution < -0.4 is 14.2 Å². The van der Waals surface area contributed by atoms with Crippen LogP contribution in [-0.2, 0) is 14.9 Å². The van der Waals surface area contributed by atoms with Crippen LogP contribution in [0.25, 0.3) is 11.0 Å². The molecule has 2 aromatic heterocycles. The van der Waals surface area contributed by atoms with Crippen molar-refractivity contribution in [3.8, 4) is 5.88 Å². The molecular weight excluding hydrogens is 451 g/mol. The second-order valence-electron chi connectivity index (χ2n) is 6.39. The Morgan fingerprint density at radius 3 is 2.44 bits per heavy atom. The highest BCUT2D eigenvalue weighted by Crippen LogP contribution is 2.38. The Balaban J connectivity index is 1.97. The summed E-state index contributed by atoms with van der Waals surface area (Å²) in [5.74, 6) is -1.13. The summed E-state index contributed by atoms with van der Waals surface area (Å²) >= 11 is 0. The summed E-state index contributed by atoms with van der Waals surface area (Å²) < 4.78 is 80.5. The molecular formula is C19H20F3N5O4S. The Morgan fingerprint density at radius 1 is 1.09 bits per heavy atom. The van der Waals surface area contributed by atoms with Crippen molar-refractivity contribution in [1.29, 1.82) is 0 Å². The SMILES string of the molecule is CCOCCNS(=O)(=O)Nc1nc2ccccc2nc1OC(c1cccnc1)C(F)(F)F. The summed E-state index contributed by atoms with van der Waals surface area (Å²) in [6, 6.07) is 8.82. The minimum atomic E-state index is -4.83. The number of hydrogen-bond donors (Lipinski definition) is 2. The van der Waals surface area contributed by atoms with Crippen LogP contribution in [0.3, 0.4) is 0 Å². The summed E-state index contributed by atoms with van der Waals surface area (Å²) in [4.78, 5) is 11.9. The van der Waals surface area contributed by atoms with E-state index in [9.17, 15) is 21.6 Å². The van der Waals surface area contributed by atoms with E-state index in [2.05, 4.69) is 24.4 Å². The second kappa shape index (κ2) is 10.1. The van der Waals surface area contributed by atoms with E-state index in [0.717, 1.165) is 6.20 Å². The molecule has 9 nitrogen and oxygen atoms in total. The smallest absolute Gasteiger partial charge is 0.429 e. The first-order valence-electron chi connectivity index (χ1n) is 9.45. The maximum Gasteiger partial charge on any atom is 0.429 e. The molecule has 0 bridgehead atoms. The molecule has 0 spiro atoms. The zero-order chi connectivity index (χ0) is 23.2. The van der Waals surface area contributed by atoms with Gasteiger partial charge < -0.3 is 9.47 Å². The highest BCUT2D eigenvalue weighted by atomic mass is 32.2. The fourth-order valence-corrected chi connectivity index (χ4v) is 3.47. The van der Waals surface area contributed by atoms with Crippen molar-refractivity contribution in [3.05, 3.63) is 54.4 Å². The van der Waals surface area contributed by atoms with E-state index in [0.29, 0.717) is 6.61 Å². The molecule has 3 rings (SSSR count). The van der Waals surface area contributed by atoms with Gasteiger partial charge in [-0.05, 0) is 25.1 Å². The van der Waals surface area contributed by atoms with Gasteiger partial charge in [-0.3, -0.25) is 9.71 Å². The van der Waals surface area contributed by atoms with Gasteiger partial charge in [0.05, 0.1) is 17.6 Å². The minimum Gasteiger partial charge on any atom is -0.457 e. The Labute approximate surface area is 182 Å². The molecule has 2 N–H and O–H groups in total. The van der Waals surface area contributed by atoms with E-state index in [1.54, 1.807) is 19.1 Å². The molecule has 0 aliphatic carbocycles. The molecule has 0 saturated carbocycles. The normalized spacial score (nSPS) is 13.1. The number of aromatic nitrogens is 3. The number of alkyl halides is 3. The van der Waals surface area contributed by atoms with E-state index < -0.39 is 34.2 Å². The largest absolute Gasteiger partial charge is 0.457 e. The van der Waals surface area contributed by atoms with Gasteiger partial charge in [-0.1, -0.05) is 18.2 Å². The van der Waals surface area contributed by atoms with Crippen molar-refractivity contribution in [3.63, 3.8) is 0 Å². The summed E-state index contributed by atoms with van der Waals surface area (Å²) in [6.07, 6.45) is -4.95. The van der Waals surface area contributed by atoms with E-state index in [1.165, 1.54) is 30.5 Å². The van der Waals surface area contributed by atoms with Crippen molar-refractivity contribution < 1.29 is 31.1 Å². The van der Waals surface area contributed by atoms with Gasteiger partial charge >= 0.3 is 6.18 Å². The van der Waals surface area contributed by atoms with Gasteiger partial charge in [0.25, 0.3) is 16.1 Å². The molecule has 32 heavy (non-hydrogen) atoms. The molecule has 0 fully saturated rings. The van der Waals surface area contributed by atoms with Gasteiger partial charge in [0.1, 0.15) is 0 Å². The lowest BCUT2D eigenvalue weighted by atomic mass is 10.1. The number of hydrogen-bond acceptors (Lipinski definition) is 7. The number of fused-ring (bicyclic) bond motifs is 1. The Hall–Kier alpha value is -3.03. The molecule has 1 aromatic carbocycles. The number of halogens is 3. The fraction of sp³-hybridized carbons (Fsp3) is 0.316. The van der Waals surface area contributed by atoms with E-state index in [4.69, 9.17) is 9.47 Å². The number of nitrogens with zero attached hydrogens (tertiary/aromatic N) is 3. The van der Waals surface area contributed by atoms with Crippen LogP contribution >= 0.6 is 0 Å². The van der Waals surface area contributed by atoms with Crippen LogP contribution in [0.1, 0.15) is 18.6 Å². The van der Waals surface area contributed by atoms with Crippen LogP contribution in [0, 0.1) is 0 Å². The quantitative estimate of drug-likeness (QED) is 0.437. The van der Waals surface area contributed by atoms with Crippen LogP contribution in [0.4, 0.5) is 19.0 Å². The Bertz CT molecular complexity index is 1150. The molecule has 0 aliphatic rings. The zero-order valence-corrected chi connectivity index (χ0v) is 17.7. The van der Waals surface area contributed by atoms with Gasteiger partial charge in [-0.2, -0.15) is 26.3 Å². The summed E-state index contributed by atoms with van der Waals surface area (Å²) in [5.41, 5.74) is 0.206. The number of rotatable bonds is 10. The van der Waals surface area contributed by atoms with Gasteiger partial charge in [-0.15, -0.1) is 0 Å². The van der Waals surface area contributed by atoms with E-state index in [1.807, 2.05) is 0 Å². The maximum atomic E-state index is 13.7. The van der Waals surface area contributed by atoms with Crippen LogP contribution in [0.15, 0.2) is 48.8 Å². The standard InChI is InChI=1S/C19H20F3N5O4S/c1-2-30-11-10-24-32(28,29)27-17-18(26-15-8-4-3-7-14(15)25-17)31-16(19(20,21)22)13-6-5-9-23-12-13/h3-9,12,16,24H,2,10-11H2,1H3,(H,25,27). The average Bonchev–Trinajstić information content (AvgIpc) is 2.74. The molecule has 3 aromatic rings. The lowest BCUT2D eigenvalue weighted by Gasteiger charge is -2.22. The Kier molecular flexibility index (Phi) is 7.43. The number of ether oxygens (including phenoxy) is 2. The van der Waals surface area contributed by atoms with Crippen LogP contribution in [-0.4, -0.2) is 49.3 Å². The average molecular weight is 471 g/mol. The van der Waals surface area contributed by atoms with Crippen molar-refractivity contribution in [1.82, 2.24) is 19.7 Å². The molecule has 0 saturated heterocycles. The fourth-order valence-electron chi connectivity index (χ4n) is 2.65. The van der Waals surface area contributed by atoms with Crippen LogP contribution in [0.5, 0.6) is 5.88 Å². The topological polar surface area (TPSA) is 115 Å². The number of nitrogens with one attached hydrogen (secondary N) is 2. The molecule has 1 unspecified atom stereocenters. The monoisotopic (exact) mass is 471 g/mol. The summed E-state index contributed by atoms with van der Waals surface area (Å²) in [5, 5.41) is 0. The van der Waals surface area contributed by atoms with E-state index in [-0.39, 0.29) is 29.7 Å². The van der Waals surface area contributed by atoms with Crippen molar-refractivity contribution in [2.24, 2.45) is 0 Å². The van der Waals surface area contributed by atoms with Gasteiger partial charge in [0.15, 0.2) is 0 Å². The number of para-hydroxylation sites is 2. The maximum absolute atomic E-state index is 13.7. The molecule has 0 aliphatic heterocycles. The Morgan fingerprint density at radius 2 is 1.81 bits per heavy atom. The highest BCUT2D eigenvalue weighted by Gasteiger charge is 2.44. The van der Waals surface area contributed by atoms with Gasteiger partial charge in [0.2, 0.25) is 11.9 Å². The van der Waals surface area contributed by atoms with Crippen molar-refractivity contribution >= 4 is 27.1 Å². The predicted octanol–water partition coefficient (Wildman–Crippen LogP) is 2.99. The molecule has 1 atom stereocenters. The van der Waals surface area contributed by atoms with E-state index >= 15 is 0 Å². The molecule has 172 valence electrons. The van der Waals surface area contributed by atoms with Crippen molar-refractivity contribution in [2.75, 3.05) is 24.5 Å². The molecule has 0 radical (unpaired) electrons. The van der Waals surface area contributed by atoms with Gasteiger partial charge in [-0.25, -0.2) is 9.97 Å². The minimum absolute atomic E-state index is 0.0543. The second-order valence-corrected chi connectivity index (χ2v) is 7.89. The molecule has 2 heterocycles. The third kappa shape index (κ3) is 6.24. The third-order valence-corrected chi connectivity index (χ3v) is 5.07. The molecule has 0 amide bonds. The van der Waals surface area contributed by atoms with Crippen LogP contribution in [0.2, 0.25) is 0 Å². The summed E-state index contributed by atoms with van der Waals surface area (Å²) in [7, 11) is -4.20. The lowest BCUT2D eigenvalue weighted by Crippen LogP contribution is -2.33. The lowest BCUT2D eigenvalue weighted by molar-refractivity contribution is -0.198. The number of pyridine rings is 1. The van der Waals surface area contributed by atoms with Gasteiger partial charge in [0, 0.05) is 31.1 Å². The highest BCUT2D eigenvalue weighted by molar-refractivity contribution is 7.90. The number of benzene rings is 1. The first-order valence-corrected chi connectivity index (χ1v) is 10.9.